The van der Waals surface area contributed by atoms with Crippen molar-refractivity contribution in [3.05, 3.63) is 30.1 Å². The summed E-state index contributed by atoms with van der Waals surface area (Å²) in [4.78, 5) is 6.52. The van der Waals surface area contributed by atoms with E-state index in [4.69, 9.17) is 4.74 Å². The summed E-state index contributed by atoms with van der Waals surface area (Å²) in [6, 6.07) is 2.00. The summed E-state index contributed by atoms with van der Waals surface area (Å²) < 4.78 is 5.62. The lowest BCUT2D eigenvalue weighted by molar-refractivity contribution is 0.0728. The van der Waals surface area contributed by atoms with Crippen LogP contribution in [0.2, 0.25) is 0 Å². The zero-order valence-electron chi connectivity index (χ0n) is 9.07. The molecule has 0 atom stereocenters. The van der Waals surface area contributed by atoms with Gasteiger partial charge in [0.05, 0.1) is 11.9 Å². The number of aryl methyl sites for hydroxylation is 1. The van der Waals surface area contributed by atoms with Gasteiger partial charge in [-0.15, -0.1) is 0 Å². The van der Waals surface area contributed by atoms with Crippen molar-refractivity contribution in [2.45, 2.75) is 13.3 Å². The van der Waals surface area contributed by atoms with Crippen molar-refractivity contribution in [3.8, 4) is 5.75 Å². The van der Waals surface area contributed by atoms with Crippen LogP contribution < -0.4 is 4.74 Å². The zero-order valence-corrected chi connectivity index (χ0v) is 9.07. The molecule has 0 bridgehead atoms. The third-order valence-corrected chi connectivity index (χ3v) is 2.65. The minimum absolute atomic E-state index is 0.675. The maximum Gasteiger partial charge on any atom is 0.142 e. The number of pyridine rings is 1. The van der Waals surface area contributed by atoms with Gasteiger partial charge in [-0.05, 0) is 31.1 Å². The summed E-state index contributed by atoms with van der Waals surface area (Å²) in [5.41, 5.74) is 2.03. The Morgan fingerprint density at radius 1 is 1.60 bits per heavy atom. The molecule has 0 radical (unpaired) electrons. The van der Waals surface area contributed by atoms with E-state index >= 15 is 0 Å². The van der Waals surface area contributed by atoms with Crippen LogP contribution in [0.3, 0.4) is 0 Å². The monoisotopic (exact) mass is 204 g/mol. The Labute approximate surface area is 90.4 Å². The van der Waals surface area contributed by atoms with Gasteiger partial charge in [-0.3, -0.25) is 9.88 Å². The third kappa shape index (κ3) is 2.36. The summed E-state index contributed by atoms with van der Waals surface area (Å²) >= 11 is 0. The van der Waals surface area contributed by atoms with Gasteiger partial charge < -0.3 is 4.74 Å². The lowest BCUT2D eigenvalue weighted by atomic mass is 10.2. The molecule has 0 unspecified atom stereocenters. The summed E-state index contributed by atoms with van der Waals surface area (Å²) in [5, 5.41) is 0. The van der Waals surface area contributed by atoms with Gasteiger partial charge in [0.1, 0.15) is 12.5 Å². The maximum absolute atomic E-state index is 5.62. The molecule has 1 fully saturated rings. The zero-order chi connectivity index (χ0) is 10.7. The van der Waals surface area contributed by atoms with Gasteiger partial charge in [0, 0.05) is 13.1 Å². The lowest BCUT2D eigenvalue weighted by Gasteiger charge is -2.30. The third-order valence-electron chi connectivity index (χ3n) is 2.65. The molecule has 0 amide bonds. The fraction of sp³-hybridized carbons (Fsp3) is 0.417. The molecule has 0 N–H and O–H groups in total. The molecule has 1 aliphatic rings. The van der Waals surface area contributed by atoms with Crippen LogP contribution in [0.4, 0.5) is 0 Å². The molecule has 0 spiro atoms. The van der Waals surface area contributed by atoms with Crippen LogP contribution in [-0.4, -0.2) is 29.7 Å². The first kappa shape index (κ1) is 10.2. The number of aromatic nitrogens is 1. The summed E-state index contributed by atoms with van der Waals surface area (Å²) in [5.74, 6) is 0.838. The standard InChI is InChI=1S/C12H16N2O/c1-3-12-10(2)7-11(8-13-12)15-9-14-5-4-6-14/h3,7-8H,1,4-6,9H2,2H3. The van der Waals surface area contributed by atoms with Crippen LogP contribution in [-0.2, 0) is 0 Å². The number of hydrogen-bond donors (Lipinski definition) is 0. The molecule has 3 nitrogen and oxygen atoms in total. The van der Waals surface area contributed by atoms with Crippen molar-refractivity contribution in [1.29, 1.82) is 0 Å². The highest BCUT2D eigenvalue weighted by molar-refractivity contribution is 5.47. The highest BCUT2D eigenvalue weighted by atomic mass is 16.5. The smallest absolute Gasteiger partial charge is 0.142 e. The Bertz CT molecular complexity index is 359. The van der Waals surface area contributed by atoms with Crippen LogP contribution in [0.25, 0.3) is 6.08 Å². The minimum atomic E-state index is 0.675. The van der Waals surface area contributed by atoms with E-state index in [1.54, 1.807) is 12.3 Å². The van der Waals surface area contributed by atoms with Gasteiger partial charge in [0.15, 0.2) is 0 Å². The first-order valence-corrected chi connectivity index (χ1v) is 5.24. The van der Waals surface area contributed by atoms with E-state index in [2.05, 4.69) is 16.5 Å². The van der Waals surface area contributed by atoms with Crippen molar-refractivity contribution in [2.24, 2.45) is 0 Å². The van der Waals surface area contributed by atoms with Crippen molar-refractivity contribution >= 4 is 6.08 Å². The van der Waals surface area contributed by atoms with E-state index in [1.165, 1.54) is 6.42 Å². The maximum atomic E-state index is 5.62. The van der Waals surface area contributed by atoms with Gasteiger partial charge >= 0.3 is 0 Å². The fourth-order valence-corrected chi connectivity index (χ4v) is 1.53. The second kappa shape index (κ2) is 4.45. The van der Waals surface area contributed by atoms with Crippen LogP contribution in [0.5, 0.6) is 5.75 Å². The summed E-state index contributed by atoms with van der Waals surface area (Å²) in [6.45, 7) is 8.70. The average Bonchev–Trinajstić information content (AvgIpc) is 2.16. The van der Waals surface area contributed by atoms with Gasteiger partial charge in [-0.25, -0.2) is 0 Å². The van der Waals surface area contributed by atoms with E-state index < -0.39 is 0 Å². The second-order valence-electron chi connectivity index (χ2n) is 3.82. The molecule has 0 aliphatic carbocycles. The number of hydrogen-bond acceptors (Lipinski definition) is 3. The van der Waals surface area contributed by atoms with Crippen molar-refractivity contribution in [2.75, 3.05) is 19.8 Å². The molecule has 1 aromatic heterocycles. The average molecular weight is 204 g/mol. The Balaban J connectivity index is 1.96. The van der Waals surface area contributed by atoms with Gasteiger partial charge in [-0.1, -0.05) is 6.58 Å². The number of rotatable bonds is 4. The molecule has 0 saturated carbocycles. The lowest BCUT2D eigenvalue weighted by Crippen LogP contribution is -2.39. The minimum Gasteiger partial charge on any atom is -0.477 e. The van der Waals surface area contributed by atoms with Crippen molar-refractivity contribution in [3.63, 3.8) is 0 Å². The quantitative estimate of drug-likeness (QED) is 0.750. The predicted octanol–water partition coefficient (Wildman–Crippen LogP) is 2.08. The molecule has 1 aliphatic heterocycles. The van der Waals surface area contributed by atoms with Crippen molar-refractivity contribution in [1.82, 2.24) is 9.88 Å². The number of ether oxygens (including phenoxy) is 1. The molecule has 3 heteroatoms. The molecular weight excluding hydrogens is 188 g/mol. The fourth-order valence-electron chi connectivity index (χ4n) is 1.53. The van der Waals surface area contributed by atoms with E-state index in [0.29, 0.717) is 6.73 Å². The highest BCUT2D eigenvalue weighted by Crippen LogP contribution is 2.16. The largest absolute Gasteiger partial charge is 0.477 e. The Hall–Kier alpha value is -1.35. The topological polar surface area (TPSA) is 25.4 Å². The molecule has 1 aromatic rings. The van der Waals surface area contributed by atoms with Crippen molar-refractivity contribution < 1.29 is 4.74 Å². The predicted molar refractivity (Wildman–Crippen MR) is 60.8 cm³/mol. The Kier molecular flexibility index (Phi) is 3.02. The molecule has 80 valence electrons. The van der Waals surface area contributed by atoms with E-state index in [0.717, 1.165) is 30.1 Å². The Morgan fingerprint density at radius 3 is 2.93 bits per heavy atom. The SMILES string of the molecule is C=Cc1ncc(OCN2CCC2)cc1C. The number of likely N-dealkylation sites (tertiary alicyclic amines) is 1. The summed E-state index contributed by atoms with van der Waals surface area (Å²) in [6.07, 6.45) is 4.80. The van der Waals surface area contributed by atoms with Crippen LogP contribution >= 0.6 is 0 Å². The van der Waals surface area contributed by atoms with Crippen LogP contribution in [0, 0.1) is 6.92 Å². The second-order valence-corrected chi connectivity index (χ2v) is 3.82. The molecule has 15 heavy (non-hydrogen) atoms. The normalized spacial score (nSPS) is 15.8. The van der Waals surface area contributed by atoms with Crippen LogP contribution in [0.1, 0.15) is 17.7 Å². The van der Waals surface area contributed by atoms with E-state index in [1.807, 2.05) is 13.0 Å². The van der Waals surface area contributed by atoms with E-state index in [9.17, 15) is 0 Å². The summed E-state index contributed by atoms with van der Waals surface area (Å²) in [7, 11) is 0. The molecule has 2 heterocycles. The first-order chi connectivity index (χ1) is 7.29. The van der Waals surface area contributed by atoms with E-state index in [-0.39, 0.29) is 0 Å². The Morgan fingerprint density at radius 2 is 2.40 bits per heavy atom. The molecule has 2 rings (SSSR count). The molecule has 0 aromatic carbocycles. The van der Waals surface area contributed by atoms with Crippen LogP contribution in [0.15, 0.2) is 18.8 Å². The highest BCUT2D eigenvalue weighted by Gasteiger charge is 2.13. The van der Waals surface area contributed by atoms with Gasteiger partial charge in [-0.2, -0.15) is 0 Å². The molecular formula is C12H16N2O. The molecule has 1 saturated heterocycles. The van der Waals surface area contributed by atoms with Gasteiger partial charge in [0.2, 0.25) is 0 Å². The number of nitrogens with zero attached hydrogens (tertiary/aromatic N) is 2. The van der Waals surface area contributed by atoms with Gasteiger partial charge in [0.25, 0.3) is 0 Å². The first-order valence-electron chi connectivity index (χ1n) is 5.24.